The van der Waals surface area contributed by atoms with E-state index >= 15 is 0 Å². The molecule has 3 nitrogen and oxygen atoms in total. The lowest BCUT2D eigenvalue weighted by Crippen LogP contribution is -2.03. The van der Waals surface area contributed by atoms with Crippen molar-refractivity contribution in [1.29, 1.82) is 0 Å². The molecule has 1 heterocycles. The predicted molar refractivity (Wildman–Crippen MR) is 74.7 cm³/mol. The Hall–Kier alpha value is -1.68. The van der Waals surface area contributed by atoms with E-state index in [1.807, 2.05) is 44.2 Å². The fraction of sp³-hybridized carbons (Fsp3) is 0.214. The van der Waals surface area contributed by atoms with Crippen LogP contribution >= 0.6 is 0 Å². The smallest absolute Gasteiger partial charge is 0.0708 e. The van der Waals surface area contributed by atoms with Crippen molar-refractivity contribution in [3.63, 3.8) is 0 Å². The van der Waals surface area contributed by atoms with Crippen molar-refractivity contribution in [1.82, 2.24) is 4.98 Å². The van der Waals surface area contributed by atoms with Gasteiger partial charge in [-0.1, -0.05) is 12.1 Å². The molecule has 1 unspecified atom stereocenters. The number of pyridine rings is 1. The number of nitrogens with two attached hydrogens (primary N) is 1. The van der Waals surface area contributed by atoms with E-state index in [1.54, 1.807) is 6.20 Å². The van der Waals surface area contributed by atoms with Gasteiger partial charge in [0.15, 0.2) is 0 Å². The molecule has 0 bridgehead atoms. The summed E-state index contributed by atoms with van der Waals surface area (Å²) in [5.41, 5.74) is 9.34. The number of hydrogen-bond acceptors (Lipinski definition) is 3. The van der Waals surface area contributed by atoms with Crippen molar-refractivity contribution in [2.24, 2.45) is 0 Å². The molecule has 0 aliphatic heterocycles. The van der Waals surface area contributed by atoms with Crippen LogP contribution in [-0.2, 0) is 16.6 Å². The summed E-state index contributed by atoms with van der Waals surface area (Å²) in [6, 6.07) is 9.38. The van der Waals surface area contributed by atoms with Crippen LogP contribution in [0.5, 0.6) is 0 Å². The second-order valence-electron chi connectivity index (χ2n) is 4.23. The highest BCUT2D eigenvalue weighted by Crippen LogP contribution is 2.21. The fourth-order valence-electron chi connectivity index (χ4n) is 1.75. The van der Waals surface area contributed by atoms with Crippen LogP contribution in [0.3, 0.4) is 0 Å². The summed E-state index contributed by atoms with van der Waals surface area (Å²) >= 11 is 0. The molecule has 1 aromatic carbocycles. The topological polar surface area (TPSA) is 56.0 Å². The predicted octanol–water partition coefficient (Wildman–Crippen LogP) is 2.59. The molecule has 0 fully saturated rings. The molecular formula is C14H16N2OS. The maximum Gasteiger partial charge on any atom is 0.0708 e. The van der Waals surface area contributed by atoms with Crippen molar-refractivity contribution in [3.8, 4) is 0 Å². The van der Waals surface area contributed by atoms with Crippen LogP contribution in [0.15, 0.2) is 41.4 Å². The van der Waals surface area contributed by atoms with Crippen LogP contribution in [0.2, 0.25) is 0 Å². The number of hydrogen-bond donors (Lipinski definition) is 1. The van der Waals surface area contributed by atoms with E-state index in [9.17, 15) is 4.21 Å². The van der Waals surface area contributed by atoms with Gasteiger partial charge in [0.1, 0.15) is 0 Å². The van der Waals surface area contributed by atoms with Crippen LogP contribution < -0.4 is 5.73 Å². The van der Waals surface area contributed by atoms with E-state index in [0.29, 0.717) is 11.4 Å². The summed E-state index contributed by atoms with van der Waals surface area (Å²) in [6.45, 7) is 3.87. The van der Waals surface area contributed by atoms with E-state index in [1.165, 1.54) is 0 Å². The molecule has 2 aromatic rings. The highest BCUT2D eigenvalue weighted by molar-refractivity contribution is 7.84. The van der Waals surface area contributed by atoms with Gasteiger partial charge in [-0.25, -0.2) is 0 Å². The van der Waals surface area contributed by atoms with Gasteiger partial charge in [-0.3, -0.25) is 9.19 Å². The summed E-state index contributed by atoms with van der Waals surface area (Å²) < 4.78 is 12.4. The lowest BCUT2D eigenvalue weighted by atomic mass is 10.2. The van der Waals surface area contributed by atoms with Gasteiger partial charge in [-0.05, 0) is 43.2 Å². The van der Waals surface area contributed by atoms with Crippen molar-refractivity contribution in [3.05, 3.63) is 53.3 Å². The second kappa shape index (κ2) is 5.31. The van der Waals surface area contributed by atoms with E-state index in [2.05, 4.69) is 4.98 Å². The third kappa shape index (κ3) is 2.59. The lowest BCUT2D eigenvalue weighted by molar-refractivity contribution is 0.681. The summed E-state index contributed by atoms with van der Waals surface area (Å²) in [6.07, 6.45) is 1.73. The minimum absolute atomic E-state index is 0.428. The van der Waals surface area contributed by atoms with Crippen LogP contribution in [0.1, 0.15) is 16.8 Å². The van der Waals surface area contributed by atoms with Crippen molar-refractivity contribution in [2.75, 3.05) is 5.73 Å². The SMILES string of the molecule is Cc1cccnc1CS(=O)c1cccc(N)c1C. The van der Waals surface area contributed by atoms with E-state index < -0.39 is 10.8 Å². The molecular weight excluding hydrogens is 244 g/mol. The van der Waals surface area contributed by atoms with Gasteiger partial charge in [0.05, 0.1) is 22.2 Å². The van der Waals surface area contributed by atoms with Crippen molar-refractivity contribution >= 4 is 16.5 Å². The number of nitrogen functional groups attached to an aromatic ring is 1. The third-order valence-electron chi connectivity index (χ3n) is 2.96. The minimum Gasteiger partial charge on any atom is -0.398 e. The molecule has 2 rings (SSSR count). The first-order valence-corrected chi connectivity index (χ1v) is 7.05. The maximum atomic E-state index is 12.4. The second-order valence-corrected chi connectivity index (χ2v) is 5.65. The number of benzene rings is 1. The molecule has 0 aliphatic rings. The molecule has 2 N–H and O–H groups in total. The summed E-state index contributed by atoms with van der Waals surface area (Å²) in [5, 5.41) is 0. The van der Waals surface area contributed by atoms with Crippen LogP contribution in [-0.4, -0.2) is 9.19 Å². The molecule has 0 spiro atoms. The Kier molecular flexibility index (Phi) is 3.77. The van der Waals surface area contributed by atoms with Crippen molar-refractivity contribution < 1.29 is 4.21 Å². The fourth-order valence-corrected chi connectivity index (χ4v) is 3.15. The zero-order valence-corrected chi connectivity index (χ0v) is 11.3. The molecule has 1 atom stereocenters. The summed E-state index contributed by atoms with van der Waals surface area (Å²) in [4.78, 5) is 5.06. The zero-order valence-electron chi connectivity index (χ0n) is 10.5. The Morgan fingerprint density at radius 2 is 2.00 bits per heavy atom. The average Bonchev–Trinajstić information content (AvgIpc) is 2.35. The largest absolute Gasteiger partial charge is 0.398 e. The Labute approximate surface area is 110 Å². The molecule has 0 saturated carbocycles. The molecule has 0 saturated heterocycles. The number of anilines is 1. The number of aryl methyl sites for hydroxylation is 1. The molecule has 94 valence electrons. The van der Waals surface area contributed by atoms with Gasteiger partial charge >= 0.3 is 0 Å². The normalized spacial score (nSPS) is 12.3. The summed E-state index contributed by atoms with van der Waals surface area (Å²) in [5.74, 6) is 0.428. The quantitative estimate of drug-likeness (QED) is 0.863. The first-order chi connectivity index (χ1) is 8.59. The standard InChI is InChI=1S/C14H16N2OS/c1-10-5-4-8-16-13(10)9-18(17)14-7-3-6-12(15)11(14)2/h3-8H,9,15H2,1-2H3. The van der Waals surface area contributed by atoms with Gasteiger partial charge in [-0.2, -0.15) is 0 Å². The Morgan fingerprint density at radius 3 is 2.72 bits per heavy atom. The Balaban J connectivity index is 2.28. The summed E-state index contributed by atoms with van der Waals surface area (Å²) in [7, 11) is -1.11. The average molecular weight is 260 g/mol. The molecule has 0 amide bonds. The Bertz CT molecular complexity index is 596. The Morgan fingerprint density at radius 1 is 1.22 bits per heavy atom. The van der Waals surface area contributed by atoms with Gasteiger partial charge in [0.25, 0.3) is 0 Å². The number of nitrogens with zero attached hydrogens (tertiary/aromatic N) is 1. The minimum atomic E-state index is -1.11. The number of aromatic nitrogens is 1. The van der Waals surface area contributed by atoms with Crippen LogP contribution in [0, 0.1) is 13.8 Å². The lowest BCUT2D eigenvalue weighted by Gasteiger charge is -2.09. The van der Waals surface area contributed by atoms with E-state index in [4.69, 9.17) is 5.73 Å². The van der Waals surface area contributed by atoms with Gasteiger partial charge in [0.2, 0.25) is 0 Å². The first kappa shape index (κ1) is 12.8. The third-order valence-corrected chi connectivity index (χ3v) is 4.43. The zero-order chi connectivity index (χ0) is 13.1. The maximum absolute atomic E-state index is 12.4. The van der Waals surface area contributed by atoms with Gasteiger partial charge in [-0.15, -0.1) is 0 Å². The highest BCUT2D eigenvalue weighted by atomic mass is 32.2. The van der Waals surface area contributed by atoms with Crippen molar-refractivity contribution in [2.45, 2.75) is 24.5 Å². The molecule has 1 aromatic heterocycles. The number of rotatable bonds is 3. The van der Waals surface area contributed by atoms with E-state index in [-0.39, 0.29) is 0 Å². The molecule has 0 radical (unpaired) electrons. The molecule has 0 aliphatic carbocycles. The monoisotopic (exact) mass is 260 g/mol. The van der Waals surface area contributed by atoms with Crippen LogP contribution in [0.4, 0.5) is 5.69 Å². The first-order valence-electron chi connectivity index (χ1n) is 5.73. The highest BCUT2D eigenvalue weighted by Gasteiger charge is 2.11. The molecule has 18 heavy (non-hydrogen) atoms. The van der Waals surface area contributed by atoms with Crippen LogP contribution in [0.25, 0.3) is 0 Å². The molecule has 4 heteroatoms. The van der Waals surface area contributed by atoms with Gasteiger partial charge in [0, 0.05) is 16.8 Å². The van der Waals surface area contributed by atoms with Gasteiger partial charge < -0.3 is 5.73 Å². The van der Waals surface area contributed by atoms with E-state index in [0.717, 1.165) is 21.7 Å².